The van der Waals surface area contributed by atoms with Gasteiger partial charge in [0.25, 0.3) is 5.91 Å². The summed E-state index contributed by atoms with van der Waals surface area (Å²) >= 11 is 0. The molecule has 1 amide bonds. The lowest BCUT2D eigenvalue weighted by Gasteiger charge is -2.35. The first-order valence-electron chi connectivity index (χ1n) is 9.82. The third-order valence-corrected chi connectivity index (χ3v) is 7.27. The van der Waals surface area contributed by atoms with Gasteiger partial charge < -0.3 is 10.4 Å². The molecular formula is C20H30N2O4S. The van der Waals surface area contributed by atoms with E-state index in [0.717, 1.165) is 38.5 Å². The number of nitrogens with one attached hydrogen (secondary N) is 2. The van der Waals surface area contributed by atoms with Crippen LogP contribution >= 0.6 is 0 Å². The Morgan fingerprint density at radius 2 is 1.85 bits per heavy atom. The van der Waals surface area contributed by atoms with Gasteiger partial charge in [-0.05, 0) is 63.1 Å². The lowest BCUT2D eigenvalue weighted by Crippen LogP contribution is -2.46. The summed E-state index contributed by atoms with van der Waals surface area (Å²) in [6.07, 6.45) is 7.09. The minimum atomic E-state index is -3.61. The Bertz CT molecular complexity index is 794. The molecule has 2 aliphatic rings. The van der Waals surface area contributed by atoms with Crippen LogP contribution in [-0.4, -0.2) is 37.6 Å². The average molecular weight is 395 g/mol. The highest BCUT2D eigenvalue weighted by Gasteiger charge is 2.33. The van der Waals surface area contributed by atoms with Crippen LogP contribution in [0, 0.1) is 12.8 Å². The Kier molecular flexibility index (Phi) is 5.93. The van der Waals surface area contributed by atoms with Gasteiger partial charge in [0.1, 0.15) is 0 Å². The molecule has 3 rings (SSSR count). The van der Waals surface area contributed by atoms with Crippen LogP contribution in [0.1, 0.15) is 67.8 Å². The molecule has 0 aliphatic heterocycles. The predicted octanol–water partition coefficient (Wildman–Crippen LogP) is 2.50. The average Bonchev–Trinajstić information content (AvgIpc) is 3.44. The van der Waals surface area contributed by atoms with Crippen LogP contribution in [-0.2, 0) is 10.0 Å². The molecule has 0 heterocycles. The maximum atomic E-state index is 12.7. The fraction of sp³-hybridized carbons (Fsp3) is 0.650. The van der Waals surface area contributed by atoms with Crippen molar-refractivity contribution in [2.24, 2.45) is 5.92 Å². The summed E-state index contributed by atoms with van der Waals surface area (Å²) in [5.74, 6) is -0.172. The van der Waals surface area contributed by atoms with E-state index in [9.17, 15) is 18.3 Å². The zero-order valence-electron chi connectivity index (χ0n) is 16.1. The first-order chi connectivity index (χ1) is 12.7. The van der Waals surface area contributed by atoms with Gasteiger partial charge in [-0.2, -0.15) is 0 Å². The van der Waals surface area contributed by atoms with E-state index in [1.807, 2.05) is 0 Å². The Morgan fingerprint density at radius 1 is 1.19 bits per heavy atom. The van der Waals surface area contributed by atoms with Gasteiger partial charge in [-0.3, -0.25) is 4.79 Å². The van der Waals surface area contributed by atoms with Crippen molar-refractivity contribution in [2.45, 2.75) is 75.3 Å². The number of aryl methyl sites for hydroxylation is 1. The molecule has 0 spiro atoms. The van der Waals surface area contributed by atoms with E-state index in [1.165, 1.54) is 18.6 Å². The number of sulfonamides is 1. The standard InChI is InChI=1S/C20H30N2O4S/c1-14-8-11-17(27(25,26)22-16-9-10-16)12-18(14)19(23)21-13-20(2,24)15-6-4-3-5-7-15/h8,11-12,15-16,22,24H,3-7,9-10,13H2,1-2H3,(H,21,23)/t20-/m0/s1. The molecule has 2 aliphatic carbocycles. The summed E-state index contributed by atoms with van der Waals surface area (Å²) in [7, 11) is -3.61. The molecule has 0 aromatic heterocycles. The second-order valence-electron chi connectivity index (χ2n) is 8.25. The number of rotatable bonds is 7. The Hall–Kier alpha value is -1.44. The Balaban J connectivity index is 1.69. The van der Waals surface area contributed by atoms with E-state index < -0.39 is 15.6 Å². The molecule has 0 saturated heterocycles. The molecule has 7 heteroatoms. The molecule has 2 saturated carbocycles. The van der Waals surface area contributed by atoms with E-state index in [1.54, 1.807) is 19.9 Å². The molecule has 3 N–H and O–H groups in total. The minimum Gasteiger partial charge on any atom is -0.388 e. The van der Waals surface area contributed by atoms with E-state index in [2.05, 4.69) is 10.0 Å². The van der Waals surface area contributed by atoms with Gasteiger partial charge in [0.15, 0.2) is 0 Å². The number of carbonyl (C=O) groups excluding carboxylic acids is 1. The highest BCUT2D eigenvalue weighted by Crippen LogP contribution is 2.32. The van der Waals surface area contributed by atoms with Crippen LogP contribution in [0.25, 0.3) is 0 Å². The van der Waals surface area contributed by atoms with Crippen LogP contribution in [0.3, 0.4) is 0 Å². The zero-order chi connectivity index (χ0) is 19.7. The van der Waals surface area contributed by atoms with Crippen molar-refractivity contribution < 1.29 is 18.3 Å². The molecule has 150 valence electrons. The molecule has 0 unspecified atom stereocenters. The maximum absolute atomic E-state index is 12.7. The summed E-state index contributed by atoms with van der Waals surface area (Å²) < 4.78 is 27.5. The van der Waals surface area contributed by atoms with E-state index >= 15 is 0 Å². The monoisotopic (exact) mass is 394 g/mol. The molecule has 1 aromatic carbocycles. The van der Waals surface area contributed by atoms with Crippen LogP contribution in [0.2, 0.25) is 0 Å². The summed E-state index contributed by atoms with van der Waals surface area (Å²) in [5, 5.41) is 13.6. The van der Waals surface area contributed by atoms with Crippen molar-refractivity contribution in [3.05, 3.63) is 29.3 Å². The highest BCUT2D eigenvalue weighted by molar-refractivity contribution is 7.89. The van der Waals surface area contributed by atoms with Crippen molar-refractivity contribution >= 4 is 15.9 Å². The number of hydrogen-bond donors (Lipinski definition) is 3. The number of hydrogen-bond acceptors (Lipinski definition) is 4. The van der Waals surface area contributed by atoms with Crippen LogP contribution in [0.4, 0.5) is 0 Å². The van der Waals surface area contributed by atoms with Gasteiger partial charge in [0, 0.05) is 18.2 Å². The first kappa shape index (κ1) is 20.3. The van der Waals surface area contributed by atoms with Crippen molar-refractivity contribution in [3.63, 3.8) is 0 Å². The maximum Gasteiger partial charge on any atom is 0.251 e. The molecule has 0 bridgehead atoms. The van der Waals surface area contributed by atoms with Crippen LogP contribution in [0.5, 0.6) is 0 Å². The van der Waals surface area contributed by atoms with Gasteiger partial charge in [0.2, 0.25) is 10.0 Å². The fourth-order valence-electron chi connectivity index (χ4n) is 3.72. The Morgan fingerprint density at radius 3 is 2.48 bits per heavy atom. The molecule has 6 nitrogen and oxygen atoms in total. The second-order valence-corrected chi connectivity index (χ2v) is 9.96. The van der Waals surface area contributed by atoms with E-state index in [-0.39, 0.29) is 29.3 Å². The van der Waals surface area contributed by atoms with Gasteiger partial charge in [0.05, 0.1) is 10.5 Å². The van der Waals surface area contributed by atoms with Crippen molar-refractivity contribution in [2.75, 3.05) is 6.54 Å². The topological polar surface area (TPSA) is 95.5 Å². The van der Waals surface area contributed by atoms with E-state index in [0.29, 0.717) is 11.1 Å². The van der Waals surface area contributed by atoms with Crippen molar-refractivity contribution in [3.8, 4) is 0 Å². The highest BCUT2D eigenvalue weighted by atomic mass is 32.2. The number of amides is 1. The zero-order valence-corrected chi connectivity index (χ0v) is 16.9. The molecule has 1 atom stereocenters. The number of aliphatic hydroxyl groups is 1. The second kappa shape index (κ2) is 7.89. The quantitative estimate of drug-likeness (QED) is 0.662. The minimum absolute atomic E-state index is 0.0131. The summed E-state index contributed by atoms with van der Waals surface area (Å²) in [4.78, 5) is 12.8. The summed E-state index contributed by atoms with van der Waals surface area (Å²) in [6.45, 7) is 3.71. The smallest absolute Gasteiger partial charge is 0.251 e. The first-order valence-corrected chi connectivity index (χ1v) is 11.3. The van der Waals surface area contributed by atoms with Gasteiger partial charge in [-0.25, -0.2) is 13.1 Å². The third kappa shape index (κ3) is 5.09. The lowest BCUT2D eigenvalue weighted by molar-refractivity contribution is -0.0143. The van der Waals surface area contributed by atoms with Gasteiger partial charge in [-0.15, -0.1) is 0 Å². The lowest BCUT2D eigenvalue weighted by atomic mass is 9.78. The van der Waals surface area contributed by atoms with Gasteiger partial charge in [-0.1, -0.05) is 25.3 Å². The number of benzene rings is 1. The molecule has 2 fully saturated rings. The van der Waals surface area contributed by atoms with Gasteiger partial charge >= 0.3 is 0 Å². The normalized spacial score (nSPS) is 20.9. The predicted molar refractivity (Wildman–Crippen MR) is 104 cm³/mol. The SMILES string of the molecule is Cc1ccc(S(=O)(=O)NC2CC2)cc1C(=O)NC[C@](C)(O)C1CCCCC1. The van der Waals surface area contributed by atoms with E-state index in [4.69, 9.17) is 0 Å². The molecule has 1 aromatic rings. The van der Waals surface area contributed by atoms with Crippen LogP contribution < -0.4 is 10.0 Å². The van der Waals surface area contributed by atoms with Crippen molar-refractivity contribution in [1.29, 1.82) is 0 Å². The molecule has 0 radical (unpaired) electrons. The van der Waals surface area contributed by atoms with Crippen molar-refractivity contribution in [1.82, 2.24) is 10.0 Å². The summed E-state index contributed by atoms with van der Waals surface area (Å²) in [6, 6.07) is 4.61. The molecule has 27 heavy (non-hydrogen) atoms. The molecular weight excluding hydrogens is 364 g/mol. The third-order valence-electron chi connectivity index (χ3n) is 5.75. The fourth-order valence-corrected chi connectivity index (χ4v) is 5.06. The van der Waals surface area contributed by atoms with Crippen LogP contribution in [0.15, 0.2) is 23.1 Å². The summed E-state index contributed by atoms with van der Waals surface area (Å²) in [5.41, 5.74) is 0.0737. The Labute approximate surface area is 161 Å². The number of carbonyl (C=O) groups is 1. The largest absolute Gasteiger partial charge is 0.388 e.